The van der Waals surface area contributed by atoms with E-state index >= 15 is 0 Å². The fourth-order valence-corrected chi connectivity index (χ4v) is 2.19. The molecular formula is C13H18N6O3. The fourth-order valence-electron chi connectivity index (χ4n) is 2.19. The molecule has 1 aliphatic rings. The standard InChI is InChI=1S/C13H18N6O3/c14-12(15)18-13(16)17-9-3-1-2-8(11(20)21)10(9)19-4-6-22-7-5-19/h1-3H,4-7H2,(H,20,21)(H6,14,15,16,17,18). The topological polar surface area (TPSA) is 153 Å². The van der Waals surface area contributed by atoms with Gasteiger partial charge in [0.25, 0.3) is 0 Å². The van der Waals surface area contributed by atoms with Gasteiger partial charge in [0, 0.05) is 13.1 Å². The van der Waals surface area contributed by atoms with Crippen molar-refractivity contribution in [3.63, 3.8) is 0 Å². The highest BCUT2D eigenvalue weighted by atomic mass is 16.5. The molecule has 22 heavy (non-hydrogen) atoms. The number of nitrogens with two attached hydrogens (primary N) is 3. The number of benzene rings is 1. The largest absolute Gasteiger partial charge is 0.478 e. The van der Waals surface area contributed by atoms with Crippen molar-refractivity contribution in [3.05, 3.63) is 23.8 Å². The molecule has 1 heterocycles. The first-order valence-electron chi connectivity index (χ1n) is 6.62. The summed E-state index contributed by atoms with van der Waals surface area (Å²) < 4.78 is 5.29. The molecule has 1 aliphatic heterocycles. The second-order valence-electron chi connectivity index (χ2n) is 4.58. The van der Waals surface area contributed by atoms with E-state index in [9.17, 15) is 9.90 Å². The number of hydrogen-bond donors (Lipinski definition) is 4. The van der Waals surface area contributed by atoms with E-state index in [1.165, 1.54) is 6.07 Å². The van der Waals surface area contributed by atoms with Crippen LogP contribution in [-0.4, -0.2) is 49.3 Å². The summed E-state index contributed by atoms with van der Waals surface area (Å²) in [4.78, 5) is 21.1. The predicted octanol–water partition coefficient (Wildman–Crippen LogP) is -0.559. The van der Waals surface area contributed by atoms with Crippen molar-refractivity contribution in [2.45, 2.75) is 0 Å². The molecule has 0 spiro atoms. The molecule has 0 atom stereocenters. The normalized spacial score (nSPS) is 15.5. The number of guanidine groups is 2. The van der Waals surface area contributed by atoms with E-state index < -0.39 is 5.97 Å². The lowest BCUT2D eigenvalue weighted by Crippen LogP contribution is -2.37. The van der Waals surface area contributed by atoms with Gasteiger partial charge in [0.05, 0.1) is 30.2 Å². The van der Waals surface area contributed by atoms with Gasteiger partial charge in [0.15, 0.2) is 5.96 Å². The molecule has 9 nitrogen and oxygen atoms in total. The van der Waals surface area contributed by atoms with Crippen molar-refractivity contribution in [2.75, 3.05) is 31.2 Å². The van der Waals surface area contributed by atoms with Crippen molar-refractivity contribution in [3.8, 4) is 0 Å². The van der Waals surface area contributed by atoms with Crippen LogP contribution in [0.1, 0.15) is 10.4 Å². The van der Waals surface area contributed by atoms with Crippen LogP contribution in [0.4, 0.5) is 11.4 Å². The second kappa shape index (κ2) is 6.76. The van der Waals surface area contributed by atoms with E-state index in [-0.39, 0.29) is 17.5 Å². The van der Waals surface area contributed by atoms with Crippen molar-refractivity contribution < 1.29 is 14.6 Å². The maximum Gasteiger partial charge on any atom is 0.337 e. The molecule has 0 radical (unpaired) electrons. The summed E-state index contributed by atoms with van der Waals surface area (Å²) in [5, 5.41) is 9.40. The number of morpholine rings is 1. The van der Waals surface area contributed by atoms with Gasteiger partial charge in [-0.05, 0) is 12.1 Å². The summed E-state index contributed by atoms with van der Waals surface area (Å²) in [5.41, 5.74) is 17.2. The van der Waals surface area contributed by atoms with Crippen LogP contribution in [0.2, 0.25) is 0 Å². The fraction of sp³-hybridized carbons (Fsp3) is 0.308. The molecule has 0 aliphatic carbocycles. The molecule has 0 amide bonds. The Morgan fingerprint density at radius 2 is 1.91 bits per heavy atom. The van der Waals surface area contributed by atoms with Crippen LogP contribution >= 0.6 is 0 Å². The molecule has 0 aromatic heterocycles. The lowest BCUT2D eigenvalue weighted by molar-refractivity contribution is 0.0696. The summed E-state index contributed by atoms with van der Waals surface area (Å²) in [7, 11) is 0. The Hall–Kier alpha value is -2.81. The third-order valence-corrected chi connectivity index (χ3v) is 3.05. The lowest BCUT2D eigenvalue weighted by Gasteiger charge is -2.30. The third kappa shape index (κ3) is 3.64. The van der Waals surface area contributed by atoms with E-state index in [1.807, 2.05) is 4.90 Å². The molecule has 1 fully saturated rings. The van der Waals surface area contributed by atoms with E-state index in [0.29, 0.717) is 37.7 Å². The molecule has 1 aromatic rings. The number of anilines is 1. The average molecular weight is 306 g/mol. The Balaban J connectivity index is 2.51. The van der Waals surface area contributed by atoms with Gasteiger partial charge in [-0.1, -0.05) is 6.07 Å². The smallest absolute Gasteiger partial charge is 0.337 e. The Kier molecular flexibility index (Phi) is 4.79. The minimum absolute atomic E-state index is 0.139. The summed E-state index contributed by atoms with van der Waals surface area (Å²) >= 11 is 0. The van der Waals surface area contributed by atoms with Gasteiger partial charge in [-0.3, -0.25) is 0 Å². The van der Waals surface area contributed by atoms with Crippen molar-refractivity contribution >= 4 is 29.3 Å². The van der Waals surface area contributed by atoms with Gasteiger partial charge in [-0.2, -0.15) is 4.99 Å². The number of aliphatic imine (C=N–C) groups is 2. The van der Waals surface area contributed by atoms with E-state index in [1.54, 1.807) is 12.1 Å². The summed E-state index contributed by atoms with van der Waals surface area (Å²) in [6.07, 6.45) is 0. The van der Waals surface area contributed by atoms with Crippen LogP contribution < -0.4 is 22.1 Å². The first kappa shape index (κ1) is 15.6. The molecule has 0 saturated carbocycles. The zero-order valence-electron chi connectivity index (χ0n) is 11.9. The number of hydrogen-bond acceptors (Lipinski definition) is 4. The zero-order valence-corrected chi connectivity index (χ0v) is 11.9. The Bertz CT molecular complexity index is 618. The number of carboxylic acids is 1. The van der Waals surface area contributed by atoms with Crippen LogP contribution in [-0.2, 0) is 4.74 Å². The summed E-state index contributed by atoms with van der Waals surface area (Å²) in [5.74, 6) is -1.40. The summed E-state index contributed by atoms with van der Waals surface area (Å²) in [6, 6.07) is 4.77. The maximum atomic E-state index is 11.5. The van der Waals surface area contributed by atoms with Crippen LogP contribution in [0.5, 0.6) is 0 Å². The molecule has 1 aromatic carbocycles. The summed E-state index contributed by atoms with van der Waals surface area (Å²) in [6.45, 7) is 2.16. The number of ether oxygens (including phenoxy) is 1. The predicted molar refractivity (Wildman–Crippen MR) is 83.5 cm³/mol. The van der Waals surface area contributed by atoms with E-state index in [4.69, 9.17) is 21.9 Å². The van der Waals surface area contributed by atoms with E-state index in [0.717, 1.165) is 0 Å². The SMILES string of the molecule is NC(N)=NC(N)=Nc1cccc(C(=O)O)c1N1CCOCC1. The van der Waals surface area contributed by atoms with Gasteiger partial charge >= 0.3 is 5.97 Å². The molecule has 0 unspecified atom stereocenters. The highest BCUT2D eigenvalue weighted by molar-refractivity contribution is 6.00. The third-order valence-electron chi connectivity index (χ3n) is 3.05. The number of carbonyl (C=O) groups is 1. The van der Waals surface area contributed by atoms with Gasteiger partial charge in [-0.15, -0.1) is 0 Å². The highest BCUT2D eigenvalue weighted by Gasteiger charge is 2.21. The van der Waals surface area contributed by atoms with Gasteiger partial charge < -0.3 is 31.9 Å². The Labute approximate surface area is 127 Å². The van der Waals surface area contributed by atoms with Crippen molar-refractivity contribution in [2.24, 2.45) is 27.2 Å². The minimum Gasteiger partial charge on any atom is -0.478 e. The Morgan fingerprint density at radius 3 is 2.50 bits per heavy atom. The number of aromatic carboxylic acids is 1. The highest BCUT2D eigenvalue weighted by Crippen LogP contribution is 2.33. The molecular weight excluding hydrogens is 288 g/mol. The van der Waals surface area contributed by atoms with Crippen LogP contribution in [0.3, 0.4) is 0 Å². The molecule has 9 heteroatoms. The monoisotopic (exact) mass is 306 g/mol. The first-order chi connectivity index (χ1) is 10.5. The number of rotatable bonds is 3. The molecule has 118 valence electrons. The van der Waals surface area contributed by atoms with Crippen LogP contribution in [0, 0.1) is 0 Å². The maximum absolute atomic E-state index is 11.5. The molecule has 2 rings (SSSR count). The van der Waals surface area contributed by atoms with Crippen LogP contribution in [0.15, 0.2) is 28.2 Å². The van der Waals surface area contributed by atoms with Gasteiger partial charge in [0.2, 0.25) is 5.96 Å². The Morgan fingerprint density at radius 1 is 1.23 bits per heavy atom. The molecule has 1 saturated heterocycles. The number of carboxylic acid groups (broad SMARTS) is 1. The number of para-hydroxylation sites is 1. The van der Waals surface area contributed by atoms with Crippen molar-refractivity contribution in [1.29, 1.82) is 0 Å². The molecule has 0 bridgehead atoms. The quantitative estimate of drug-likeness (QED) is 0.431. The molecule has 7 N–H and O–H groups in total. The average Bonchev–Trinajstić information content (AvgIpc) is 2.47. The minimum atomic E-state index is -1.04. The van der Waals surface area contributed by atoms with E-state index in [2.05, 4.69) is 9.98 Å². The number of nitrogens with zero attached hydrogens (tertiary/aromatic N) is 3. The second-order valence-corrected chi connectivity index (χ2v) is 4.58. The lowest BCUT2D eigenvalue weighted by atomic mass is 10.1. The van der Waals surface area contributed by atoms with Crippen LogP contribution in [0.25, 0.3) is 0 Å². The first-order valence-corrected chi connectivity index (χ1v) is 6.62. The van der Waals surface area contributed by atoms with Crippen molar-refractivity contribution in [1.82, 2.24) is 0 Å². The van der Waals surface area contributed by atoms with Gasteiger partial charge in [0.1, 0.15) is 0 Å². The van der Waals surface area contributed by atoms with Gasteiger partial charge in [-0.25, -0.2) is 9.79 Å². The zero-order chi connectivity index (χ0) is 16.1.